The van der Waals surface area contributed by atoms with Gasteiger partial charge in [-0.05, 0) is 43.7 Å². The number of rotatable bonds is 11. The van der Waals surface area contributed by atoms with Gasteiger partial charge in [0.05, 0.1) is 15.6 Å². The molecule has 0 aromatic heterocycles. The van der Waals surface area contributed by atoms with Crippen molar-refractivity contribution >= 4 is 39.1 Å². The zero-order valence-electron chi connectivity index (χ0n) is 20.6. The Kier molecular flexibility index (Phi) is 9.66. The molecule has 37 heavy (non-hydrogen) atoms. The summed E-state index contributed by atoms with van der Waals surface area (Å²) < 4.78 is 42.7. The molecule has 1 atom stereocenters. The number of para-hydroxylation sites is 1. The zero-order chi connectivity index (χ0) is 27.0. The zero-order valence-corrected chi connectivity index (χ0v) is 22.2. The maximum Gasteiger partial charge on any atom is 0.264 e. The molecule has 0 heterocycles. The molecule has 3 aromatic carbocycles. The molecule has 3 rings (SSSR count). The number of hydrogen-bond acceptors (Lipinski definition) is 4. The van der Waals surface area contributed by atoms with Crippen LogP contribution in [0.15, 0.2) is 83.8 Å². The number of carbonyl (C=O) groups excluding carboxylic acids is 2. The Labute approximate surface area is 221 Å². The third kappa shape index (κ3) is 6.87. The van der Waals surface area contributed by atoms with Gasteiger partial charge in [0.2, 0.25) is 11.8 Å². The van der Waals surface area contributed by atoms with Gasteiger partial charge < -0.3 is 10.2 Å². The molecule has 0 aliphatic carbocycles. The topological polar surface area (TPSA) is 86.8 Å². The summed E-state index contributed by atoms with van der Waals surface area (Å²) in [5.41, 5.74) is 0.302. The molecule has 0 radical (unpaired) electrons. The Morgan fingerprint density at radius 2 is 1.59 bits per heavy atom. The van der Waals surface area contributed by atoms with E-state index < -0.39 is 40.2 Å². The smallest absolute Gasteiger partial charge is 0.264 e. The van der Waals surface area contributed by atoms with Gasteiger partial charge >= 0.3 is 0 Å². The van der Waals surface area contributed by atoms with Crippen LogP contribution in [0.3, 0.4) is 0 Å². The second-order valence-electron chi connectivity index (χ2n) is 8.36. The highest BCUT2D eigenvalue weighted by Crippen LogP contribution is 2.30. The van der Waals surface area contributed by atoms with Crippen LogP contribution in [0.2, 0.25) is 5.02 Å². The normalized spacial score (nSPS) is 12.0. The molecule has 0 fully saturated rings. The first-order chi connectivity index (χ1) is 17.7. The Morgan fingerprint density at radius 1 is 0.973 bits per heavy atom. The summed E-state index contributed by atoms with van der Waals surface area (Å²) in [7, 11) is -4.22. The number of anilines is 1. The predicted octanol–water partition coefficient (Wildman–Crippen LogP) is 4.62. The van der Waals surface area contributed by atoms with E-state index in [1.165, 1.54) is 54.3 Å². The summed E-state index contributed by atoms with van der Waals surface area (Å²) in [6, 6.07) is 18.9. The summed E-state index contributed by atoms with van der Waals surface area (Å²) in [5, 5.41) is 2.87. The van der Waals surface area contributed by atoms with Crippen molar-refractivity contribution in [2.24, 2.45) is 0 Å². The molecule has 0 bridgehead atoms. The van der Waals surface area contributed by atoms with Crippen LogP contribution in [-0.2, 0) is 26.2 Å². The van der Waals surface area contributed by atoms with Crippen molar-refractivity contribution in [1.29, 1.82) is 0 Å². The van der Waals surface area contributed by atoms with Gasteiger partial charge in [0, 0.05) is 18.7 Å². The highest BCUT2D eigenvalue weighted by molar-refractivity contribution is 7.92. The highest BCUT2D eigenvalue weighted by Gasteiger charge is 2.33. The second kappa shape index (κ2) is 12.7. The molecule has 1 N–H and O–H groups in total. The quantitative estimate of drug-likeness (QED) is 0.381. The second-order valence-corrected chi connectivity index (χ2v) is 10.6. The van der Waals surface area contributed by atoms with Gasteiger partial charge in [-0.3, -0.25) is 13.9 Å². The van der Waals surface area contributed by atoms with E-state index in [1.54, 1.807) is 36.4 Å². The van der Waals surface area contributed by atoms with Crippen LogP contribution in [0.4, 0.5) is 10.1 Å². The fraction of sp³-hybridized carbons (Fsp3) is 0.259. The van der Waals surface area contributed by atoms with Crippen molar-refractivity contribution in [2.75, 3.05) is 17.4 Å². The molecule has 0 saturated heterocycles. The number of amides is 2. The fourth-order valence-corrected chi connectivity index (χ4v) is 5.42. The molecule has 0 unspecified atom stereocenters. The number of benzene rings is 3. The lowest BCUT2D eigenvalue weighted by Gasteiger charge is -2.32. The van der Waals surface area contributed by atoms with Crippen LogP contribution in [0.5, 0.6) is 0 Å². The maximum atomic E-state index is 14.5. The molecule has 196 valence electrons. The lowest BCUT2D eigenvalue weighted by molar-refractivity contribution is -0.139. The standard InChI is InChI=1S/C27H29ClFN3O4S/c1-3-17-30-27(34)20(2)31(18-21-11-7-9-15-24(21)29)26(33)19-32(25-16-10-8-14-23(25)28)37(35,36)22-12-5-4-6-13-22/h4-16,20H,3,17-19H2,1-2H3,(H,30,34)/t20-/m1/s1. The number of hydrogen-bond donors (Lipinski definition) is 1. The van der Waals surface area contributed by atoms with Crippen molar-refractivity contribution < 1.29 is 22.4 Å². The van der Waals surface area contributed by atoms with Crippen LogP contribution >= 0.6 is 11.6 Å². The summed E-state index contributed by atoms with van der Waals surface area (Å²) in [6.07, 6.45) is 0.690. The minimum absolute atomic E-state index is 0.0305. The SMILES string of the molecule is CCCNC(=O)[C@@H](C)N(Cc1ccccc1F)C(=O)CN(c1ccccc1Cl)S(=O)(=O)c1ccccc1. The first kappa shape index (κ1) is 28.1. The molecule has 10 heteroatoms. The van der Waals surface area contributed by atoms with Gasteiger partial charge in [0.25, 0.3) is 10.0 Å². The minimum Gasteiger partial charge on any atom is -0.354 e. The Hall–Kier alpha value is -3.43. The van der Waals surface area contributed by atoms with Gasteiger partial charge in [-0.15, -0.1) is 0 Å². The predicted molar refractivity (Wildman–Crippen MR) is 142 cm³/mol. The first-order valence-electron chi connectivity index (χ1n) is 11.8. The van der Waals surface area contributed by atoms with Crippen molar-refractivity contribution in [3.8, 4) is 0 Å². The van der Waals surface area contributed by atoms with Crippen LogP contribution in [0.1, 0.15) is 25.8 Å². The number of sulfonamides is 1. The van der Waals surface area contributed by atoms with E-state index in [0.717, 1.165) is 4.31 Å². The van der Waals surface area contributed by atoms with Gasteiger partial charge in [0.15, 0.2) is 0 Å². The number of nitrogens with zero attached hydrogens (tertiary/aromatic N) is 2. The first-order valence-corrected chi connectivity index (χ1v) is 13.6. The third-order valence-electron chi connectivity index (χ3n) is 5.75. The van der Waals surface area contributed by atoms with E-state index in [2.05, 4.69) is 5.32 Å². The molecule has 2 amide bonds. The molecular formula is C27H29ClFN3O4S. The Balaban J connectivity index is 2.03. The molecule has 0 aliphatic heterocycles. The maximum absolute atomic E-state index is 14.5. The minimum atomic E-state index is -4.22. The number of carbonyl (C=O) groups is 2. The average Bonchev–Trinajstić information content (AvgIpc) is 2.90. The lowest BCUT2D eigenvalue weighted by atomic mass is 10.1. The van der Waals surface area contributed by atoms with Crippen LogP contribution in [0, 0.1) is 5.82 Å². The van der Waals surface area contributed by atoms with Crippen LogP contribution in [-0.4, -0.2) is 44.3 Å². The van der Waals surface area contributed by atoms with Crippen molar-refractivity contribution in [3.05, 3.63) is 95.3 Å². The molecule has 0 saturated carbocycles. The van der Waals surface area contributed by atoms with E-state index in [0.29, 0.717) is 13.0 Å². The van der Waals surface area contributed by atoms with E-state index in [1.807, 2.05) is 6.92 Å². The summed E-state index contributed by atoms with van der Waals surface area (Å²) in [6.45, 7) is 2.94. The van der Waals surface area contributed by atoms with E-state index in [-0.39, 0.29) is 27.7 Å². The van der Waals surface area contributed by atoms with Crippen LogP contribution < -0.4 is 9.62 Å². The van der Waals surface area contributed by atoms with E-state index >= 15 is 0 Å². The molecular weight excluding hydrogens is 517 g/mol. The monoisotopic (exact) mass is 545 g/mol. The highest BCUT2D eigenvalue weighted by atomic mass is 35.5. The third-order valence-corrected chi connectivity index (χ3v) is 7.84. The summed E-state index contributed by atoms with van der Waals surface area (Å²) in [5.74, 6) is -1.66. The van der Waals surface area contributed by atoms with Gasteiger partial charge in [-0.25, -0.2) is 12.8 Å². The van der Waals surface area contributed by atoms with E-state index in [9.17, 15) is 22.4 Å². The summed E-state index contributed by atoms with van der Waals surface area (Å²) in [4.78, 5) is 27.7. The van der Waals surface area contributed by atoms with Gasteiger partial charge in [0.1, 0.15) is 18.4 Å². The Morgan fingerprint density at radius 3 is 2.24 bits per heavy atom. The average molecular weight is 546 g/mol. The van der Waals surface area contributed by atoms with Gasteiger partial charge in [-0.1, -0.05) is 67.1 Å². The van der Waals surface area contributed by atoms with Gasteiger partial charge in [-0.2, -0.15) is 0 Å². The van der Waals surface area contributed by atoms with Crippen molar-refractivity contribution in [1.82, 2.24) is 10.2 Å². The Bertz CT molecular complexity index is 1340. The van der Waals surface area contributed by atoms with Crippen molar-refractivity contribution in [3.63, 3.8) is 0 Å². The largest absolute Gasteiger partial charge is 0.354 e. The van der Waals surface area contributed by atoms with Crippen LogP contribution in [0.25, 0.3) is 0 Å². The molecule has 7 nitrogen and oxygen atoms in total. The summed E-state index contributed by atoms with van der Waals surface area (Å²) >= 11 is 6.35. The molecule has 0 aliphatic rings. The number of nitrogens with one attached hydrogen (secondary N) is 1. The molecule has 0 spiro atoms. The fourth-order valence-electron chi connectivity index (χ4n) is 3.68. The molecule has 3 aromatic rings. The van der Waals surface area contributed by atoms with E-state index in [4.69, 9.17) is 11.6 Å². The van der Waals surface area contributed by atoms with Crippen molar-refractivity contribution in [2.45, 2.75) is 37.8 Å². The number of halogens is 2. The lowest BCUT2D eigenvalue weighted by Crippen LogP contribution is -2.51.